The van der Waals surface area contributed by atoms with E-state index in [1.165, 1.54) is 4.90 Å². The molecule has 1 unspecified atom stereocenters. The van der Waals surface area contributed by atoms with Gasteiger partial charge in [-0.2, -0.15) is 0 Å². The normalized spacial score (nSPS) is 18.2. The Morgan fingerprint density at radius 1 is 1.10 bits per heavy atom. The molecule has 20 heavy (non-hydrogen) atoms. The highest BCUT2D eigenvalue weighted by atomic mass is 16.2. The van der Waals surface area contributed by atoms with Crippen LogP contribution in [0.5, 0.6) is 0 Å². The second-order valence-corrected chi connectivity index (χ2v) is 4.58. The summed E-state index contributed by atoms with van der Waals surface area (Å²) < 4.78 is 0. The van der Waals surface area contributed by atoms with Crippen LogP contribution in [0, 0.1) is 0 Å². The maximum atomic E-state index is 12.3. The van der Waals surface area contributed by atoms with Crippen molar-refractivity contribution < 1.29 is 9.59 Å². The molecular formula is C15H13N3O2. The summed E-state index contributed by atoms with van der Waals surface area (Å²) in [5, 5.41) is 2.69. The van der Waals surface area contributed by atoms with Crippen LogP contribution in [-0.4, -0.2) is 21.8 Å². The molecular weight excluding hydrogens is 254 g/mol. The number of aromatic nitrogens is 1. The topological polar surface area (TPSA) is 62.3 Å². The average molecular weight is 267 g/mol. The van der Waals surface area contributed by atoms with Crippen LogP contribution in [-0.2, 0) is 11.3 Å². The molecule has 5 heteroatoms. The molecule has 0 aliphatic carbocycles. The zero-order valence-corrected chi connectivity index (χ0v) is 10.7. The fourth-order valence-corrected chi connectivity index (χ4v) is 2.21. The molecule has 1 atom stereocenters. The Morgan fingerprint density at radius 2 is 1.90 bits per heavy atom. The smallest absolute Gasteiger partial charge is 0.322 e. The summed E-state index contributed by atoms with van der Waals surface area (Å²) in [6.45, 7) is 0.280. The van der Waals surface area contributed by atoms with Gasteiger partial charge in [0, 0.05) is 18.0 Å². The molecule has 0 spiro atoms. The van der Waals surface area contributed by atoms with Gasteiger partial charge in [0.05, 0.1) is 6.54 Å². The summed E-state index contributed by atoms with van der Waals surface area (Å²) in [5.74, 6) is -0.244. The molecule has 0 radical (unpaired) electrons. The third-order valence-electron chi connectivity index (χ3n) is 3.23. The highest BCUT2D eigenvalue weighted by molar-refractivity contribution is 6.04. The fourth-order valence-electron chi connectivity index (χ4n) is 2.21. The average Bonchev–Trinajstić information content (AvgIpc) is 2.77. The van der Waals surface area contributed by atoms with E-state index in [0.717, 1.165) is 5.56 Å². The number of imide groups is 1. The molecule has 0 saturated carbocycles. The highest BCUT2D eigenvalue weighted by Gasteiger charge is 2.38. The van der Waals surface area contributed by atoms with E-state index in [-0.39, 0.29) is 18.5 Å². The van der Waals surface area contributed by atoms with Crippen molar-refractivity contribution in [3.63, 3.8) is 0 Å². The molecule has 3 rings (SSSR count). The maximum absolute atomic E-state index is 12.3. The number of urea groups is 1. The molecule has 1 N–H and O–H groups in total. The van der Waals surface area contributed by atoms with Crippen LogP contribution in [0.4, 0.5) is 4.79 Å². The summed E-state index contributed by atoms with van der Waals surface area (Å²) in [4.78, 5) is 29.5. The molecule has 1 aliphatic heterocycles. The lowest BCUT2D eigenvalue weighted by Crippen LogP contribution is -2.30. The van der Waals surface area contributed by atoms with Crippen molar-refractivity contribution in [1.29, 1.82) is 0 Å². The van der Waals surface area contributed by atoms with Crippen molar-refractivity contribution in [3.8, 4) is 0 Å². The number of carbonyl (C=O) groups excluding carboxylic acids is 2. The Morgan fingerprint density at radius 3 is 2.60 bits per heavy atom. The Kier molecular flexibility index (Phi) is 3.16. The van der Waals surface area contributed by atoms with Crippen molar-refractivity contribution >= 4 is 11.9 Å². The monoisotopic (exact) mass is 267 g/mol. The van der Waals surface area contributed by atoms with E-state index in [9.17, 15) is 9.59 Å². The number of amides is 3. The van der Waals surface area contributed by atoms with Gasteiger partial charge in [0.25, 0.3) is 5.91 Å². The number of hydrogen-bond donors (Lipinski definition) is 1. The van der Waals surface area contributed by atoms with Crippen LogP contribution in [0.2, 0.25) is 0 Å². The molecule has 1 fully saturated rings. The van der Waals surface area contributed by atoms with Gasteiger partial charge in [0.2, 0.25) is 0 Å². The standard InChI is InChI=1S/C15H13N3O2/c19-14-13(12-7-4-8-16-9-12)17-15(20)18(14)10-11-5-2-1-3-6-11/h1-9,13H,10H2,(H,17,20). The van der Waals surface area contributed by atoms with Gasteiger partial charge in [0.15, 0.2) is 0 Å². The van der Waals surface area contributed by atoms with Gasteiger partial charge in [0.1, 0.15) is 6.04 Å². The molecule has 100 valence electrons. The van der Waals surface area contributed by atoms with Gasteiger partial charge >= 0.3 is 6.03 Å². The first-order valence-corrected chi connectivity index (χ1v) is 6.31. The Balaban J connectivity index is 1.81. The van der Waals surface area contributed by atoms with Crippen LogP contribution in [0.15, 0.2) is 54.9 Å². The van der Waals surface area contributed by atoms with Crippen LogP contribution in [0.1, 0.15) is 17.2 Å². The molecule has 1 saturated heterocycles. The van der Waals surface area contributed by atoms with Gasteiger partial charge in [-0.05, 0) is 11.6 Å². The van der Waals surface area contributed by atoms with E-state index in [0.29, 0.717) is 5.56 Å². The van der Waals surface area contributed by atoms with E-state index >= 15 is 0 Å². The summed E-state index contributed by atoms with van der Waals surface area (Å²) in [6.07, 6.45) is 3.22. The maximum Gasteiger partial charge on any atom is 0.325 e. The first kappa shape index (κ1) is 12.3. The van der Waals surface area contributed by atoms with Gasteiger partial charge in [-0.15, -0.1) is 0 Å². The zero-order chi connectivity index (χ0) is 13.9. The van der Waals surface area contributed by atoms with Gasteiger partial charge < -0.3 is 5.32 Å². The largest absolute Gasteiger partial charge is 0.325 e. The van der Waals surface area contributed by atoms with E-state index in [1.54, 1.807) is 24.5 Å². The first-order chi connectivity index (χ1) is 9.75. The summed E-state index contributed by atoms with van der Waals surface area (Å²) in [7, 11) is 0. The quantitative estimate of drug-likeness (QED) is 0.864. The lowest BCUT2D eigenvalue weighted by atomic mass is 10.1. The molecule has 1 aliphatic rings. The molecule has 1 aromatic carbocycles. The van der Waals surface area contributed by atoms with Crippen molar-refractivity contribution in [2.45, 2.75) is 12.6 Å². The third kappa shape index (κ3) is 2.25. The number of carbonyl (C=O) groups is 2. The number of nitrogens with zero attached hydrogens (tertiary/aromatic N) is 2. The fraction of sp³-hybridized carbons (Fsp3) is 0.133. The van der Waals surface area contributed by atoms with Crippen LogP contribution in [0.3, 0.4) is 0 Å². The minimum Gasteiger partial charge on any atom is -0.322 e. The van der Waals surface area contributed by atoms with Crippen molar-refractivity contribution in [1.82, 2.24) is 15.2 Å². The van der Waals surface area contributed by atoms with Crippen LogP contribution < -0.4 is 5.32 Å². The van der Waals surface area contributed by atoms with E-state index < -0.39 is 6.04 Å². The molecule has 2 aromatic rings. The molecule has 1 aromatic heterocycles. The number of rotatable bonds is 3. The second-order valence-electron chi connectivity index (χ2n) is 4.58. The van der Waals surface area contributed by atoms with Crippen LogP contribution in [0.25, 0.3) is 0 Å². The van der Waals surface area contributed by atoms with E-state index in [4.69, 9.17) is 0 Å². The van der Waals surface area contributed by atoms with Crippen molar-refractivity contribution in [3.05, 3.63) is 66.0 Å². The number of nitrogens with one attached hydrogen (secondary N) is 1. The van der Waals surface area contributed by atoms with Crippen LogP contribution >= 0.6 is 0 Å². The summed E-state index contributed by atoms with van der Waals surface area (Å²) >= 11 is 0. The second kappa shape index (κ2) is 5.13. The molecule has 3 amide bonds. The molecule has 5 nitrogen and oxygen atoms in total. The SMILES string of the molecule is O=C1NC(c2cccnc2)C(=O)N1Cc1ccccc1. The Hall–Kier alpha value is -2.69. The minimum absolute atomic E-state index is 0.244. The third-order valence-corrected chi connectivity index (χ3v) is 3.23. The van der Waals surface area contributed by atoms with E-state index in [2.05, 4.69) is 10.3 Å². The number of hydrogen-bond acceptors (Lipinski definition) is 3. The first-order valence-electron chi connectivity index (χ1n) is 6.31. The lowest BCUT2D eigenvalue weighted by Gasteiger charge is -2.12. The summed E-state index contributed by atoms with van der Waals surface area (Å²) in [5.41, 5.74) is 1.62. The predicted octanol–water partition coefficient (Wildman–Crippen LogP) is 1.87. The highest BCUT2D eigenvalue weighted by Crippen LogP contribution is 2.22. The number of benzene rings is 1. The van der Waals surface area contributed by atoms with Gasteiger partial charge in [-0.3, -0.25) is 14.7 Å². The predicted molar refractivity (Wildman–Crippen MR) is 72.5 cm³/mol. The summed E-state index contributed by atoms with van der Waals surface area (Å²) in [6, 6.07) is 12.0. The van der Waals surface area contributed by atoms with E-state index in [1.807, 2.05) is 30.3 Å². The lowest BCUT2D eigenvalue weighted by molar-refractivity contribution is -0.128. The van der Waals surface area contributed by atoms with Gasteiger partial charge in [-0.1, -0.05) is 36.4 Å². The number of pyridine rings is 1. The Bertz CT molecular complexity index is 628. The van der Waals surface area contributed by atoms with Crippen molar-refractivity contribution in [2.24, 2.45) is 0 Å². The van der Waals surface area contributed by atoms with Crippen molar-refractivity contribution in [2.75, 3.05) is 0 Å². The molecule has 0 bridgehead atoms. The zero-order valence-electron chi connectivity index (χ0n) is 10.7. The Labute approximate surface area is 116 Å². The molecule has 2 heterocycles. The van der Waals surface area contributed by atoms with Gasteiger partial charge in [-0.25, -0.2) is 4.79 Å². The minimum atomic E-state index is -0.639.